The van der Waals surface area contributed by atoms with Gasteiger partial charge in [-0.05, 0) is 24.3 Å². The fourth-order valence-corrected chi connectivity index (χ4v) is 2.12. The van der Waals surface area contributed by atoms with Crippen LogP contribution in [0.15, 0.2) is 58.8 Å². The molecule has 114 valence electrons. The van der Waals surface area contributed by atoms with Gasteiger partial charge >= 0.3 is 0 Å². The number of carbonyl (C=O) groups excluding carboxylic acids is 1. The van der Waals surface area contributed by atoms with E-state index in [9.17, 15) is 9.59 Å². The van der Waals surface area contributed by atoms with E-state index in [-0.39, 0.29) is 16.3 Å². The Labute approximate surface area is 135 Å². The second-order valence-electron chi connectivity index (χ2n) is 4.49. The minimum absolute atomic E-state index is 0.0144. The van der Waals surface area contributed by atoms with Crippen molar-refractivity contribution in [3.63, 3.8) is 0 Å². The number of nitrogens with one attached hydrogen (secondary N) is 1. The molecule has 1 N–H and O–H groups in total. The average molecular weight is 328 g/mol. The lowest BCUT2D eigenvalue weighted by atomic mass is 10.3. The van der Waals surface area contributed by atoms with Gasteiger partial charge in [0.25, 0.3) is 11.5 Å². The molecule has 0 bridgehead atoms. The van der Waals surface area contributed by atoms with Crippen molar-refractivity contribution in [2.75, 3.05) is 0 Å². The van der Waals surface area contributed by atoms with Crippen LogP contribution in [0.25, 0.3) is 5.65 Å². The van der Waals surface area contributed by atoms with Crippen LogP contribution < -0.4 is 11.0 Å². The molecule has 3 aromatic heterocycles. The summed E-state index contributed by atoms with van der Waals surface area (Å²) in [5, 5.41) is 3.77. The van der Waals surface area contributed by atoms with Gasteiger partial charge in [-0.15, -0.1) is 0 Å². The highest BCUT2D eigenvalue weighted by atomic mass is 35.5. The van der Waals surface area contributed by atoms with Gasteiger partial charge in [0.15, 0.2) is 0 Å². The molecule has 7 nitrogen and oxygen atoms in total. The largest absolute Gasteiger partial charge is 0.272 e. The highest BCUT2D eigenvalue weighted by Gasteiger charge is 2.09. The zero-order valence-electron chi connectivity index (χ0n) is 11.7. The molecule has 3 rings (SSSR count). The Balaban J connectivity index is 1.87. The number of nitrogens with zero attached hydrogens (tertiary/aromatic N) is 4. The molecular weight excluding hydrogens is 318 g/mol. The third-order valence-electron chi connectivity index (χ3n) is 3.01. The molecule has 0 atom stereocenters. The second kappa shape index (κ2) is 6.37. The maximum absolute atomic E-state index is 12.3. The van der Waals surface area contributed by atoms with Gasteiger partial charge in [0.2, 0.25) is 0 Å². The Kier molecular flexibility index (Phi) is 4.11. The van der Waals surface area contributed by atoms with Gasteiger partial charge in [-0.3, -0.25) is 19.0 Å². The number of fused-ring (bicyclic) bond motifs is 1. The molecule has 0 saturated carbocycles. The molecule has 0 saturated heterocycles. The summed E-state index contributed by atoms with van der Waals surface area (Å²) in [5.41, 5.74) is 2.80. The van der Waals surface area contributed by atoms with Crippen LogP contribution in [0.4, 0.5) is 0 Å². The van der Waals surface area contributed by atoms with E-state index >= 15 is 0 Å². The summed E-state index contributed by atoms with van der Waals surface area (Å²) in [6, 6.07) is 8.35. The summed E-state index contributed by atoms with van der Waals surface area (Å²) >= 11 is 6.00. The first-order valence-electron chi connectivity index (χ1n) is 6.57. The highest BCUT2D eigenvalue weighted by Crippen LogP contribution is 2.08. The summed E-state index contributed by atoms with van der Waals surface area (Å²) < 4.78 is 1.34. The minimum atomic E-state index is -0.445. The minimum Gasteiger partial charge on any atom is -0.268 e. The molecule has 0 spiro atoms. The van der Waals surface area contributed by atoms with Crippen molar-refractivity contribution < 1.29 is 4.79 Å². The van der Waals surface area contributed by atoms with Crippen LogP contribution in [0.3, 0.4) is 0 Å². The number of rotatable bonds is 3. The Morgan fingerprint density at radius 2 is 2.17 bits per heavy atom. The number of amides is 1. The van der Waals surface area contributed by atoms with Crippen LogP contribution in [0.1, 0.15) is 15.9 Å². The monoisotopic (exact) mass is 327 g/mol. The lowest BCUT2D eigenvalue weighted by molar-refractivity contribution is 0.0955. The molecule has 0 fully saturated rings. The fraction of sp³-hybridized carbons (Fsp3) is 0. The third-order valence-corrected chi connectivity index (χ3v) is 3.29. The van der Waals surface area contributed by atoms with E-state index in [0.717, 1.165) is 0 Å². The smallest absolute Gasteiger partial charge is 0.268 e. The third kappa shape index (κ3) is 3.09. The molecular formula is C15H10ClN5O2. The molecule has 23 heavy (non-hydrogen) atoms. The van der Waals surface area contributed by atoms with Crippen molar-refractivity contribution in [2.45, 2.75) is 0 Å². The van der Waals surface area contributed by atoms with Gasteiger partial charge in [0, 0.05) is 18.6 Å². The topological polar surface area (TPSA) is 88.7 Å². The Hall–Kier alpha value is -3.06. The zero-order chi connectivity index (χ0) is 16.2. The van der Waals surface area contributed by atoms with Gasteiger partial charge in [0.1, 0.15) is 10.8 Å². The van der Waals surface area contributed by atoms with Crippen LogP contribution in [-0.4, -0.2) is 26.5 Å². The van der Waals surface area contributed by atoms with E-state index in [2.05, 4.69) is 20.5 Å². The number of halogens is 1. The number of aromatic nitrogens is 3. The lowest BCUT2D eigenvalue weighted by Crippen LogP contribution is -2.22. The first-order valence-corrected chi connectivity index (χ1v) is 6.95. The van der Waals surface area contributed by atoms with Crippen LogP contribution in [0.5, 0.6) is 0 Å². The molecule has 3 aromatic rings. The van der Waals surface area contributed by atoms with Crippen LogP contribution in [0.2, 0.25) is 5.15 Å². The summed E-state index contributed by atoms with van der Waals surface area (Å²) in [6.45, 7) is 0. The van der Waals surface area contributed by atoms with Crippen LogP contribution >= 0.6 is 11.6 Å². The van der Waals surface area contributed by atoms with Crippen LogP contribution in [0, 0.1) is 0 Å². The number of carbonyl (C=O) groups is 1. The number of hydrogen-bond donors (Lipinski definition) is 1. The quantitative estimate of drug-likeness (QED) is 0.448. The standard InChI is InChI=1S/C15H10ClN5O2/c16-13-11(15(23)21-7-2-1-5-12(21)19-13)9-18-20-14(22)10-4-3-6-17-8-10/h1-9H,(H,20,22). The second-order valence-corrected chi connectivity index (χ2v) is 4.85. The van der Waals surface area contributed by atoms with Gasteiger partial charge in [-0.1, -0.05) is 17.7 Å². The van der Waals surface area contributed by atoms with E-state index in [1.54, 1.807) is 42.7 Å². The van der Waals surface area contributed by atoms with Crippen molar-refractivity contribution in [1.29, 1.82) is 0 Å². The molecule has 0 aliphatic carbocycles. The molecule has 0 aliphatic heterocycles. The first-order chi connectivity index (χ1) is 11.2. The predicted octanol–water partition coefficient (Wildman–Crippen LogP) is 1.51. The molecule has 0 unspecified atom stereocenters. The zero-order valence-corrected chi connectivity index (χ0v) is 12.4. The van der Waals surface area contributed by atoms with E-state index < -0.39 is 5.91 Å². The average Bonchev–Trinajstić information content (AvgIpc) is 2.58. The summed E-state index contributed by atoms with van der Waals surface area (Å²) in [7, 11) is 0. The summed E-state index contributed by atoms with van der Waals surface area (Å²) in [4.78, 5) is 32.1. The maximum Gasteiger partial charge on any atom is 0.272 e. The fourth-order valence-electron chi connectivity index (χ4n) is 1.90. The van der Waals surface area contributed by atoms with Gasteiger partial charge in [-0.25, -0.2) is 10.4 Å². The first kappa shape index (κ1) is 14.9. The lowest BCUT2D eigenvalue weighted by Gasteiger charge is -2.03. The number of pyridine rings is 2. The molecule has 0 aliphatic rings. The van der Waals surface area contributed by atoms with Crippen molar-refractivity contribution >= 4 is 29.4 Å². The highest BCUT2D eigenvalue weighted by molar-refractivity contribution is 6.32. The van der Waals surface area contributed by atoms with E-state index in [1.807, 2.05) is 0 Å². The van der Waals surface area contributed by atoms with Crippen LogP contribution in [-0.2, 0) is 0 Å². The van der Waals surface area contributed by atoms with Crippen molar-refractivity contribution in [2.24, 2.45) is 5.10 Å². The molecule has 0 aromatic carbocycles. The number of hydrazone groups is 1. The van der Waals surface area contributed by atoms with E-state index in [0.29, 0.717) is 11.2 Å². The molecule has 1 amide bonds. The van der Waals surface area contributed by atoms with E-state index in [1.165, 1.54) is 16.8 Å². The van der Waals surface area contributed by atoms with Crippen molar-refractivity contribution in [3.8, 4) is 0 Å². The van der Waals surface area contributed by atoms with E-state index in [4.69, 9.17) is 11.6 Å². The van der Waals surface area contributed by atoms with Gasteiger partial charge in [-0.2, -0.15) is 5.10 Å². The predicted molar refractivity (Wildman–Crippen MR) is 85.8 cm³/mol. The SMILES string of the molecule is O=C(NN=Cc1c(Cl)nc2ccccn2c1=O)c1cccnc1. The Morgan fingerprint density at radius 3 is 2.96 bits per heavy atom. The summed E-state index contributed by atoms with van der Waals surface area (Å²) in [5.74, 6) is -0.445. The normalized spacial score (nSPS) is 11.0. The molecule has 8 heteroatoms. The number of hydrogen-bond acceptors (Lipinski definition) is 5. The molecule has 3 heterocycles. The Morgan fingerprint density at radius 1 is 1.30 bits per heavy atom. The Bertz CT molecular complexity index is 953. The van der Waals surface area contributed by atoms with Crippen molar-refractivity contribution in [1.82, 2.24) is 19.8 Å². The molecule has 0 radical (unpaired) electrons. The van der Waals surface area contributed by atoms with Gasteiger partial charge < -0.3 is 0 Å². The maximum atomic E-state index is 12.3. The summed E-state index contributed by atoms with van der Waals surface area (Å²) in [6.07, 6.45) is 5.71. The van der Waals surface area contributed by atoms with Gasteiger partial charge in [0.05, 0.1) is 17.3 Å². The van der Waals surface area contributed by atoms with Crippen molar-refractivity contribution in [3.05, 3.63) is 75.6 Å².